The highest BCUT2D eigenvalue weighted by atomic mass is 35.5. The zero-order chi connectivity index (χ0) is 15.6. The molecule has 0 fully saturated rings. The fourth-order valence-corrected chi connectivity index (χ4v) is 2.23. The molecule has 0 aliphatic rings. The van der Waals surface area contributed by atoms with Gasteiger partial charge in [0.15, 0.2) is 5.82 Å². The molecule has 1 amide bonds. The van der Waals surface area contributed by atoms with E-state index in [1.54, 1.807) is 12.1 Å². The van der Waals surface area contributed by atoms with E-state index in [4.69, 9.17) is 28.9 Å². The normalized spacial score (nSPS) is 10.3. The summed E-state index contributed by atoms with van der Waals surface area (Å²) in [7, 11) is 1.53. The number of nitrogen functional groups attached to an aromatic ring is 1. The standard InChI is InChI=1S/C14H12Cl2FN3O/c1-19-14(21)7-2-3-12(11(18)4-7)20-8-5-9(15)13(17)10(16)6-8/h2-6,20H,18H2,1H3,(H,19,21). The van der Waals surface area contributed by atoms with Crippen molar-refractivity contribution in [2.24, 2.45) is 0 Å². The van der Waals surface area contributed by atoms with E-state index < -0.39 is 5.82 Å². The first-order valence-electron chi connectivity index (χ1n) is 5.95. The average Bonchev–Trinajstić information content (AvgIpc) is 2.46. The summed E-state index contributed by atoms with van der Waals surface area (Å²) in [4.78, 5) is 11.5. The predicted molar refractivity (Wildman–Crippen MR) is 83.9 cm³/mol. The first-order valence-corrected chi connectivity index (χ1v) is 6.71. The molecule has 0 aromatic heterocycles. The number of halogens is 3. The van der Waals surface area contributed by atoms with Crippen molar-refractivity contribution in [2.45, 2.75) is 0 Å². The van der Waals surface area contributed by atoms with Crippen LogP contribution in [0.3, 0.4) is 0 Å². The Labute approximate surface area is 131 Å². The van der Waals surface area contributed by atoms with Crippen molar-refractivity contribution < 1.29 is 9.18 Å². The van der Waals surface area contributed by atoms with E-state index >= 15 is 0 Å². The fraction of sp³-hybridized carbons (Fsp3) is 0.0714. The van der Waals surface area contributed by atoms with E-state index in [2.05, 4.69) is 10.6 Å². The van der Waals surface area contributed by atoms with Gasteiger partial charge in [-0.3, -0.25) is 4.79 Å². The molecule has 2 rings (SSSR count). The predicted octanol–water partition coefficient (Wildman–Crippen LogP) is 3.82. The van der Waals surface area contributed by atoms with Gasteiger partial charge in [0.2, 0.25) is 0 Å². The zero-order valence-electron chi connectivity index (χ0n) is 11.0. The van der Waals surface area contributed by atoms with Gasteiger partial charge in [0.1, 0.15) is 0 Å². The Morgan fingerprint density at radius 3 is 2.33 bits per heavy atom. The van der Waals surface area contributed by atoms with Gasteiger partial charge in [-0.15, -0.1) is 0 Å². The second kappa shape index (κ2) is 6.20. The van der Waals surface area contributed by atoms with E-state index in [1.165, 1.54) is 25.2 Å². The van der Waals surface area contributed by atoms with Crippen LogP contribution in [0.15, 0.2) is 30.3 Å². The van der Waals surface area contributed by atoms with Crippen molar-refractivity contribution in [1.29, 1.82) is 0 Å². The van der Waals surface area contributed by atoms with E-state index in [-0.39, 0.29) is 16.0 Å². The number of benzene rings is 2. The first-order chi connectivity index (χ1) is 9.92. The minimum atomic E-state index is -0.674. The van der Waals surface area contributed by atoms with Crippen molar-refractivity contribution in [2.75, 3.05) is 18.1 Å². The minimum Gasteiger partial charge on any atom is -0.397 e. The van der Waals surface area contributed by atoms with Crippen LogP contribution in [-0.2, 0) is 0 Å². The van der Waals surface area contributed by atoms with Crippen LogP contribution in [0.4, 0.5) is 21.5 Å². The van der Waals surface area contributed by atoms with Gasteiger partial charge in [-0.25, -0.2) is 4.39 Å². The quantitative estimate of drug-likeness (QED) is 0.593. The lowest BCUT2D eigenvalue weighted by molar-refractivity contribution is 0.0963. The summed E-state index contributed by atoms with van der Waals surface area (Å²) < 4.78 is 13.3. The molecular weight excluding hydrogens is 316 g/mol. The highest BCUT2D eigenvalue weighted by Crippen LogP contribution is 2.31. The van der Waals surface area contributed by atoms with E-state index in [9.17, 15) is 9.18 Å². The lowest BCUT2D eigenvalue weighted by Crippen LogP contribution is -2.17. The Hall–Kier alpha value is -1.98. The maximum Gasteiger partial charge on any atom is 0.251 e. The number of amides is 1. The molecule has 0 radical (unpaired) electrons. The zero-order valence-corrected chi connectivity index (χ0v) is 12.5. The van der Waals surface area contributed by atoms with Crippen LogP contribution in [0.5, 0.6) is 0 Å². The van der Waals surface area contributed by atoms with Crippen LogP contribution in [0.2, 0.25) is 10.0 Å². The second-order valence-electron chi connectivity index (χ2n) is 4.26. The van der Waals surface area contributed by atoms with Crippen LogP contribution in [0, 0.1) is 5.82 Å². The van der Waals surface area contributed by atoms with Crippen molar-refractivity contribution in [3.63, 3.8) is 0 Å². The lowest BCUT2D eigenvalue weighted by Gasteiger charge is -2.12. The van der Waals surface area contributed by atoms with E-state index in [0.29, 0.717) is 22.6 Å². The van der Waals surface area contributed by atoms with E-state index in [0.717, 1.165) is 0 Å². The molecule has 110 valence electrons. The van der Waals surface area contributed by atoms with Gasteiger partial charge in [0, 0.05) is 18.3 Å². The Balaban J connectivity index is 2.30. The third kappa shape index (κ3) is 3.37. The molecule has 0 aliphatic heterocycles. The lowest BCUT2D eigenvalue weighted by atomic mass is 10.1. The molecule has 2 aromatic rings. The number of hydrogen-bond acceptors (Lipinski definition) is 3. The van der Waals surface area contributed by atoms with Gasteiger partial charge >= 0.3 is 0 Å². The topological polar surface area (TPSA) is 67.2 Å². The average molecular weight is 328 g/mol. The second-order valence-corrected chi connectivity index (χ2v) is 5.07. The van der Waals surface area contributed by atoms with Gasteiger partial charge < -0.3 is 16.4 Å². The number of hydrogen-bond donors (Lipinski definition) is 3. The molecule has 2 aromatic carbocycles. The monoisotopic (exact) mass is 327 g/mol. The minimum absolute atomic E-state index is 0.0921. The number of anilines is 3. The van der Waals surface area contributed by atoms with Crippen LogP contribution in [-0.4, -0.2) is 13.0 Å². The summed E-state index contributed by atoms with van der Waals surface area (Å²) in [6.45, 7) is 0. The van der Waals surface area contributed by atoms with Crippen LogP contribution < -0.4 is 16.4 Å². The number of nitrogens with two attached hydrogens (primary N) is 1. The molecule has 0 atom stereocenters. The van der Waals surface area contributed by atoms with Gasteiger partial charge in [0.05, 0.1) is 21.4 Å². The summed E-state index contributed by atoms with van der Waals surface area (Å²) in [6, 6.07) is 7.59. The molecule has 0 bridgehead atoms. The number of carbonyl (C=O) groups excluding carboxylic acids is 1. The van der Waals surface area contributed by atoms with Crippen molar-refractivity contribution in [3.05, 3.63) is 51.8 Å². The fourth-order valence-electron chi connectivity index (χ4n) is 1.75. The Morgan fingerprint density at radius 2 is 1.81 bits per heavy atom. The van der Waals surface area contributed by atoms with E-state index in [1.807, 2.05) is 0 Å². The SMILES string of the molecule is CNC(=O)c1ccc(Nc2cc(Cl)c(F)c(Cl)c2)c(N)c1. The largest absolute Gasteiger partial charge is 0.397 e. The van der Waals surface area contributed by atoms with Gasteiger partial charge in [0.25, 0.3) is 5.91 Å². The first kappa shape index (κ1) is 15.4. The van der Waals surface area contributed by atoms with Crippen LogP contribution in [0.1, 0.15) is 10.4 Å². The number of nitrogens with one attached hydrogen (secondary N) is 2. The molecule has 0 saturated carbocycles. The molecular formula is C14H12Cl2FN3O. The number of carbonyl (C=O) groups is 1. The molecule has 21 heavy (non-hydrogen) atoms. The summed E-state index contributed by atoms with van der Waals surface area (Å²) in [6.07, 6.45) is 0. The summed E-state index contributed by atoms with van der Waals surface area (Å²) in [5, 5.41) is 5.30. The van der Waals surface area contributed by atoms with Crippen LogP contribution >= 0.6 is 23.2 Å². The molecule has 7 heteroatoms. The maximum absolute atomic E-state index is 13.3. The molecule has 4 N–H and O–H groups in total. The molecule has 4 nitrogen and oxygen atoms in total. The van der Waals surface area contributed by atoms with Crippen molar-refractivity contribution >= 4 is 46.2 Å². The third-order valence-electron chi connectivity index (χ3n) is 2.80. The highest BCUT2D eigenvalue weighted by molar-refractivity contribution is 6.35. The molecule has 0 unspecified atom stereocenters. The summed E-state index contributed by atoms with van der Waals surface area (Å²) in [5.74, 6) is -0.909. The highest BCUT2D eigenvalue weighted by Gasteiger charge is 2.10. The van der Waals surface area contributed by atoms with Gasteiger partial charge in [-0.2, -0.15) is 0 Å². The van der Waals surface area contributed by atoms with Gasteiger partial charge in [-0.05, 0) is 30.3 Å². The summed E-state index contributed by atoms with van der Waals surface area (Å²) in [5.41, 5.74) is 7.74. The Morgan fingerprint density at radius 1 is 1.19 bits per heavy atom. The Kier molecular flexibility index (Phi) is 4.55. The third-order valence-corrected chi connectivity index (χ3v) is 3.35. The maximum atomic E-state index is 13.3. The molecule has 0 heterocycles. The van der Waals surface area contributed by atoms with Crippen molar-refractivity contribution in [1.82, 2.24) is 5.32 Å². The van der Waals surface area contributed by atoms with Crippen molar-refractivity contribution in [3.8, 4) is 0 Å². The Bertz CT molecular complexity index is 684. The molecule has 0 saturated heterocycles. The van der Waals surface area contributed by atoms with Gasteiger partial charge in [-0.1, -0.05) is 23.2 Å². The van der Waals surface area contributed by atoms with Crippen LogP contribution in [0.25, 0.3) is 0 Å². The smallest absolute Gasteiger partial charge is 0.251 e. The number of rotatable bonds is 3. The molecule has 0 spiro atoms. The molecule has 0 aliphatic carbocycles. The summed E-state index contributed by atoms with van der Waals surface area (Å²) >= 11 is 11.5.